The molecule has 0 spiro atoms. The lowest BCUT2D eigenvalue weighted by Crippen LogP contribution is -2.39. The van der Waals surface area contributed by atoms with Gasteiger partial charge < -0.3 is 24.1 Å². The zero-order valence-electron chi connectivity index (χ0n) is 18.4. The molecule has 0 bridgehead atoms. The van der Waals surface area contributed by atoms with E-state index in [1.165, 1.54) is 29.3 Å². The number of methoxy groups -OCH3 is 4. The van der Waals surface area contributed by atoms with Gasteiger partial charge in [-0.1, -0.05) is 11.3 Å². The van der Waals surface area contributed by atoms with E-state index in [2.05, 4.69) is 15.0 Å². The number of hydrogen-bond donors (Lipinski definition) is 1. The summed E-state index contributed by atoms with van der Waals surface area (Å²) in [4.78, 5) is 19.8. The molecule has 4 rings (SSSR count). The minimum absolute atomic E-state index is 0.0383. The molecule has 2 aromatic heterocycles. The van der Waals surface area contributed by atoms with Gasteiger partial charge in [-0.2, -0.15) is 9.61 Å². The third kappa shape index (κ3) is 3.82. The Balaban J connectivity index is 1.79. The number of aromatic nitrogens is 3. The van der Waals surface area contributed by atoms with Gasteiger partial charge in [-0.3, -0.25) is 9.69 Å². The second kappa shape index (κ2) is 9.21. The topological polar surface area (TPSA) is 108 Å². The van der Waals surface area contributed by atoms with Gasteiger partial charge in [0.15, 0.2) is 11.5 Å². The average molecular weight is 463 g/mol. The van der Waals surface area contributed by atoms with Crippen LogP contribution in [-0.4, -0.2) is 72.1 Å². The van der Waals surface area contributed by atoms with E-state index in [1.54, 1.807) is 21.3 Å². The highest BCUT2D eigenvalue weighted by Crippen LogP contribution is 2.46. The minimum Gasteiger partial charge on any atom is -0.493 e. The molecule has 1 aliphatic rings. The summed E-state index contributed by atoms with van der Waals surface area (Å²) in [6, 6.07) is 3.44. The fourth-order valence-electron chi connectivity index (χ4n) is 4.22. The average Bonchev–Trinajstić information content (AvgIpc) is 3.41. The summed E-state index contributed by atoms with van der Waals surface area (Å²) in [5, 5.41) is 15.1. The molecule has 10 nitrogen and oxygen atoms in total. The molecule has 1 aromatic carbocycles. The predicted octanol–water partition coefficient (Wildman–Crippen LogP) is 2.50. The first-order valence-corrected chi connectivity index (χ1v) is 11.0. The van der Waals surface area contributed by atoms with Crippen molar-refractivity contribution in [1.82, 2.24) is 19.5 Å². The van der Waals surface area contributed by atoms with Crippen molar-refractivity contribution in [2.45, 2.75) is 18.9 Å². The Bertz CT molecular complexity index is 1080. The number of likely N-dealkylation sites (tertiary alicyclic amines) is 1. The normalized spacial score (nSPS) is 16.1. The molecule has 32 heavy (non-hydrogen) atoms. The summed E-state index contributed by atoms with van der Waals surface area (Å²) >= 11 is 1.37. The number of aromatic hydroxyl groups is 1. The maximum atomic E-state index is 12.0. The Kier molecular flexibility index (Phi) is 6.38. The van der Waals surface area contributed by atoms with Gasteiger partial charge in [0.1, 0.15) is 6.33 Å². The molecular weight excluding hydrogens is 436 g/mol. The maximum absolute atomic E-state index is 12.0. The van der Waals surface area contributed by atoms with Crippen LogP contribution in [0.4, 0.5) is 0 Å². The second-order valence-corrected chi connectivity index (χ2v) is 8.45. The summed E-state index contributed by atoms with van der Waals surface area (Å²) in [6.45, 7) is 1.29. The van der Waals surface area contributed by atoms with Crippen LogP contribution in [0.25, 0.3) is 4.96 Å². The number of carbonyl (C=O) groups is 1. The highest BCUT2D eigenvalue weighted by atomic mass is 32.1. The van der Waals surface area contributed by atoms with Crippen LogP contribution in [0, 0.1) is 5.92 Å². The van der Waals surface area contributed by atoms with Crippen LogP contribution in [0.2, 0.25) is 0 Å². The van der Waals surface area contributed by atoms with E-state index in [0.717, 1.165) is 5.56 Å². The van der Waals surface area contributed by atoms with Gasteiger partial charge in [0.05, 0.1) is 45.3 Å². The van der Waals surface area contributed by atoms with Gasteiger partial charge in [0, 0.05) is 0 Å². The van der Waals surface area contributed by atoms with Gasteiger partial charge >= 0.3 is 5.97 Å². The van der Waals surface area contributed by atoms with Crippen LogP contribution >= 0.6 is 11.3 Å². The summed E-state index contributed by atoms with van der Waals surface area (Å²) in [5.41, 5.74) is 0.857. The monoisotopic (exact) mass is 462 g/mol. The summed E-state index contributed by atoms with van der Waals surface area (Å²) in [5.74, 6) is 1.26. The Morgan fingerprint density at radius 3 is 2.31 bits per heavy atom. The SMILES string of the molecule is COC(=O)C1CCN(C(c2cc(OC)c(OC)c(OC)c2)c2sc3ncnn3c2O)CC1. The van der Waals surface area contributed by atoms with Crippen molar-refractivity contribution in [3.63, 3.8) is 0 Å². The molecule has 1 N–H and O–H groups in total. The van der Waals surface area contributed by atoms with Crippen molar-refractivity contribution in [2.75, 3.05) is 41.5 Å². The molecule has 0 aliphatic carbocycles. The van der Waals surface area contributed by atoms with E-state index < -0.39 is 0 Å². The van der Waals surface area contributed by atoms with Crippen LogP contribution < -0.4 is 14.2 Å². The summed E-state index contributed by atoms with van der Waals surface area (Å²) in [7, 11) is 6.11. The van der Waals surface area contributed by atoms with E-state index in [-0.39, 0.29) is 23.8 Å². The number of nitrogens with zero attached hydrogens (tertiary/aromatic N) is 4. The van der Waals surface area contributed by atoms with Crippen LogP contribution in [0.1, 0.15) is 29.3 Å². The third-order valence-electron chi connectivity index (χ3n) is 5.82. The van der Waals surface area contributed by atoms with Crippen LogP contribution in [0.3, 0.4) is 0 Å². The molecular formula is C21H26N4O6S. The molecule has 1 fully saturated rings. The van der Waals surface area contributed by atoms with Crippen molar-refractivity contribution < 1.29 is 28.8 Å². The summed E-state index contributed by atoms with van der Waals surface area (Å²) < 4.78 is 22.9. The van der Waals surface area contributed by atoms with Crippen molar-refractivity contribution in [3.8, 4) is 23.1 Å². The predicted molar refractivity (Wildman–Crippen MR) is 117 cm³/mol. The lowest BCUT2D eigenvalue weighted by atomic mass is 9.93. The first-order valence-electron chi connectivity index (χ1n) is 10.2. The van der Waals surface area contributed by atoms with E-state index >= 15 is 0 Å². The first kappa shape index (κ1) is 22.2. The molecule has 172 valence electrons. The van der Waals surface area contributed by atoms with Gasteiger partial charge in [-0.15, -0.1) is 0 Å². The largest absolute Gasteiger partial charge is 0.493 e. The Hall–Kier alpha value is -3.05. The zero-order valence-corrected chi connectivity index (χ0v) is 19.2. The maximum Gasteiger partial charge on any atom is 0.308 e. The molecule has 0 saturated carbocycles. The van der Waals surface area contributed by atoms with Crippen molar-refractivity contribution in [1.29, 1.82) is 0 Å². The highest BCUT2D eigenvalue weighted by molar-refractivity contribution is 7.17. The van der Waals surface area contributed by atoms with Gasteiger partial charge in [-0.25, -0.2) is 4.98 Å². The highest BCUT2D eigenvalue weighted by Gasteiger charge is 2.35. The Morgan fingerprint density at radius 1 is 1.12 bits per heavy atom. The summed E-state index contributed by atoms with van der Waals surface area (Å²) in [6.07, 6.45) is 2.73. The number of benzene rings is 1. The van der Waals surface area contributed by atoms with Crippen molar-refractivity contribution in [3.05, 3.63) is 28.9 Å². The number of fused-ring (bicyclic) bond motifs is 1. The molecule has 1 aliphatic heterocycles. The van der Waals surface area contributed by atoms with Crippen LogP contribution in [0.5, 0.6) is 23.1 Å². The lowest BCUT2D eigenvalue weighted by Gasteiger charge is -2.36. The second-order valence-electron chi connectivity index (χ2n) is 7.44. The molecule has 0 amide bonds. The number of piperidine rings is 1. The van der Waals surface area contributed by atoms with E-state index in [1.807, 2.05) is 12.1 Å². The molecule has 1 unspecified atom stereocenters. The molecule has 1 atom stereocenters. The van der Waals surface area contributed by atoms with Gasteiger partial charge in [0.2, 0.25) is 16.6 Å². The third-order valence-corrected chi connectivity index (χ3v) is 6.91. The molecule has 1 saturated heterocycles. The quantitative estimate of drug-likeness (QED) is 0.530. The standard InChI is InChI=1S/C21H26N4O6S/c1-28-14-9-13(10-15(29-2)17(14)30-3)16(18-19(26)25-21(32-18)22-11-23-25)24-7-5-12(6-8-24)20(27)31-4/h9-12,16,26H,5-8H2,1-4H3. The fraction of sp³-hybridized carbons (Fsp3) is 0.476. The van der Waals surface area contributed by atoms with Gasteiger partial charge in [0.25, 0.3) is 0 Å². The number of carbonyl (C=O) groups excluding carboxylic acids is 1. The number of esters is 1. The molecule has 3 aromatic rings. The van der Waals surface area contributed by atoms with Crippen molar-refractivity contribution >= 4 is 22.3 Å². The Morgan fingerprint density at radius 2 is 1.78 bits per heavy atom. The lowest BCUT2D eigenvalue weighted by molar-refractivity contribution is -0.147. The minimum atomic E-state index is -0.323. The number of rotatable bonds is 7. The van der Waals surface area contributed by atoms with Crippen LogP contribution in [-0.2, 0) is 9.53 Å². The Labute approximate surface area is 189 Å². The van der Waals surface area contributed by atoms with E-state index in [4.69, 9.17) is 18.9 Å². The fourth-order valence-corrected chi connectivity index (χ4v) is 5.31. The van der Waals surface area contributed by atoms with E-state index in [9.17, 15) is 9.90 Å². The van der Waals surface area contributed by atoms with Crippen molar-refractivity contribution in [2.24, 2.45) is 5.92 Å². The van der Waals surface area contributed by atoms with Crippen LogP contribution in [0.15, 0.2) is 18.5 Å². The van der Waals surface area contributed by atoms with E-state index in [0.29, 0.717) is 53.0 Å². The number of hydrogen-bond acceptors (Lipinski definition) is 10. The van der Waals surface area contributed by atoms with Gasteiger partial charge in [-0.05, 0) is 43.6 Å². The number of ether oxygens (including phenoxy) is 4. The molecule has 3 heterocycles. The molecule has 11 heteroatoms. The number of thiazole rings is 1. The zero-order chi connectivity index (χ0) is 22.8. The smallest absolute Gasteiger partial charge is 0.308 e. The molecule has 0 radical (unpaired) electrons. The first-order chi connectivity index (χ1) is 15.5.